The highest BCUT2D eigenvalue weighted by atomic mass is 16.2. The molecule has 0 spiro atoms. The Hall–Kier alpha value is -2.82. The number of rotatable bonds is 5. The number of carbonyl (C=O) groups excluding carboxylic acids is 2. The Bertz CT molecular complexity index is 898. The zero-order chi connectivity index (χ0) is 21.6. The molecule has 2 aliphatic rings. The third-order valence-corrected chi connectivity index (χ3v) is 6.51. The molecule has 0 atom stereocenters. The Kier molecular flexibility index (Phi) is 6.90. The number of anilines is 2. The molecular weight excluding hydrogens is 386 g/mol. The van der Waals surface area contributed by atoms with Crippen LogP contribution in [0.4, 0.5) is 11.4 Å². The van der Waals surface area contributed by atoms with E-state index >= 15 is 0 Å². The molecule has 0 bridgehead atoms. The molecule has 2 aromatic rings. The van der Waals surface area contributed by atoms with Crippen LogP contribution in [0.5, 0.6) is 0 Å². The van der Waals surface area contributed by atoms with Gasteiger partial charge in [0.25, 0.3) is 5.91 Å². The molecule has 2 aromatic carbocycles. The first kappa shape index (κ1) is 21.4. The lowest BCUT2D eigenvalue weighted by Gasteiger charge is -2.36. The second-order valence-corrected chi connectivity index (χ2v) is 8.89. The van der Waals surface area contributed by atoms with E-state index in [1.54, 1.807) is 0 Å². The van der Waals surface area contributed by atoms with Crippen molar-refractivity contribution >= 4 is 23.2 Å². The predicted octanol–water partition coefficient (Wildman–Crippen LogP) is 4.73. The lowest BCUT2D eigenvalue weighted by Crippen LogP contribution is -2.39. The maximum absolute atomic E-state index is 13.4. The van der Waals surface area contributed by atoms with Crippen molar-refractivity contribution in [2.24, 2.45) is 5.92 Å². The van der Waals surface area contributed by atoms with Crippen LogP contribution in [0.15, 0.2) is 48.5 Å². The summed E-state index contributed by atoms with van der Waals surface area (Å²) >= 11 is 0. The number of nitrogens with zero attached hydrogens (tertiary/aromatic N) is 2. The normalized spacial score (nSPS) is 17.5. The second-order valence-electron chi connectivity index (χ2n) is 8.89. The Morgan fingerprint density at radius 3 is 2.32 bits per heavy atom. The molecule has 0 aliphatic carbocycles. The van der Waals surface area contributed by atoms with Crippen molar-refractivity contribution in [3.8, 4) is 0 Å². The Balaban J connectivity index is 1.50. The molecule has 0 saturated carbocycles. The summed E-state index contributed by atoms with van der Waals surface area (Å²) in [6, 6.07) is 16.5. The van der Waals surface area contributed by atoms with Gasteiger partial charge in [0.1, 0.15) is 0 Å². The smallest absolute Gasteiger partial charge is 0.256 e. The van der Waals surface area contributed by atoms with Gasteiger partial charge in [-0.1, -0.05) is 30.3 Å². The van der Waals surface area contributed by atoms with Crippen LogP contribution in [0.1, 0.15) is 54.9 Å². The molecule has 2 fully saturated rings. The van der Waals surface area contributed by atoms with Gasteiger partial charge in [-0.15, -0.1) is 0 Å². The molecule has 5 heteroatoms. The van der Waals surface area contributed by atoms with Crippen molar-refractivity contribution in [3.63, 3.8) is 0 Å². The van der Waals surface area contributed by atoms with Gasteiger partial charge in [0.15, 0.2) is 0 Å². The van der Waals surface area contributed by atoms with Gasteiger partial charge in [-0.2, -0.15) is 0 Å². The topological polar surface area (TPSA) is 52.7 Å². The second kappa shape index (κ2) is 9.99. The van der Waals surface area contributed by atoms with Crippen molar-refractivity contribution in [2.75, 3.05) is 36.4 Å². The van der Waals surface area contributed by atoms with Gasteiger partial charge >= 0.3 is 0 Å². The predicted molar refractivity (Wildman–Crippen MR) is 126 cm³/mol. The lowest BCUT2D eigenvalue weighted by atomic mass is 9.89. The van der Waals surface area contributed by atoms with Crippen molar-refractivity contribution in [2.45, 2.75) is 45.4 Å². The van der Waals surface area contributed by atoms with Crippen LogP contribution in [-0.4, -0.2) is 42.9 Å². The number of amides is 2. The van der Waals surface area contributed by atoms with E-state index in [4.69, 9.17) is 0 Å². The molecule has 2 heterocycles. The molecule has 5 nitrogen and oxygen atoms in total. The first-order valence-corrected chi connectivity index (χ1v) is 11.6. The van der Waals surface area contributed by atoms with E-state index in [1.165, 1.54) is 18.9 Å². The first-order valence-electron chi connectivity index (χ1n) is 11.6. The highest BCUT2D eigenvalue weighted by Gasteiger charge is 2.26. The summed E-state index contributed by atoms with van der Waals surface area (Å²) in [5.41, 5.74) is 3.81. The zero-order valence-corrected chi connectivity index (χ0v) is 18.5. The van der Waals surface area contributed by atoms with Gasteiger partial charge < -0.3 is 15.1 Å². The summed E-state index contributed by atoms with van der Waals surface area (Å²) in [4.78, 5) is 29.3. The van der Waals surface area contributed by atoms with E-state index in [2.05, 4.69) is 40.5 Å². The molecule has 2 aliphatic heterocycles. The number of nitrogens with one attached hydrogen (secondary N) is 1. The van der Waals surface area contributed by atoms with Gasteiger partial charge in [0.05, 0.1) is 5.56 Å². The minimum absolute atomic E-state index is 0.0910. The minimum atomic E-state index is -0.120. The van der Waals surface area contributed by atoms with Gasteiger partial charge in [0.2, 0.25) is 5.91 Å². The summed E-state index contributed by atoms with van der Waals surface area (Å²) in [6.07, 6.45) is 6.70. The molecule has 164 valence electrons. The van der Waals surface area contributed by atoms with Crippen molar-refractivity contribution in [1.29, 1.82) is 0 Å². The summed E-state index contributed by atoms with van der Waals surface area (Å²) in [7, 11) is 0. The van der Waals surface area contributed by atoms with E-state index in [1.807, 2.05) is 23.1 Å². The maximum atomic E-state index is 13.4. The number of likely N-dealkylation sites (tertiary alicyclic amines) is 1. The molecule has 2 saturated heterocycles. The monoisotopic (exact) mass is 419 g/mol. The average Bonchev–Trinajstić information content (AvgIpc) is 2.80. The van der Waals surface area contributed by atoms with E-state index in [-0.39, 0.29) is 11.8 Å². The summed E-state index contributed by atoms with van der Waals surface area (Å²) in [6.45, 7) is 5.05. The van der Waals surface area contributed by atoms with Crippen molar-refractivity contribution in [1.82, 2.24) is 4.90 Å². The van der Waals surface area contributed by atoms with Crippen LogP contribution < -0.4 is 10.2 Å². The zero-order valence-electron chi connectivity index (χ0n) is 18.5. The van der Waals surface area contributed by atoms with Crippen LogP contribution in [-0.2, 0) is 11.2 Å². The Morgan fingerprint density at radius 2 is 1.65 bits per heavy atom. The fourth-order valence-electron chi connectivity index (χ4n) is 4.86. The highest BCUT2D eigenvalue weighted by molar-refractivity contribution is 6.02. The van der Waals surface area contributed by atoms with Crippen molar-refractivity contribution in [3.05, 3.63) is 59.7 Å². The van der Waals surface area contributed by atoms with Gasteiger partial charge in [-0.3, -0.25) is 9.59 Å². The molecule has 0 aromatic heterocycles. The maximum Gasteiger partial charge on any atom is 0.256 e. The third kappa shape index (κ3) is 5.46. The number of hydrogen-bond acceptors (Lipinski definition) is 3. The van der Waals surface area contributed by atoms with Crippen LogP contribution in [0.3, 0.4) is 0 Å². The number of benzene rings is 2. The Labute approximate surface area is 185 Å². The number of carbonyl (C=O) groups is 2. The summed E-state index contributed by atoms with van der Waals surface area (Å²) in [5, 5.41) is 2.84. The SMILES string of the molecule is CC(=O)Nc1ccc(N2CCC(Cc3ccccc3)CC2)c(C(=O)N2CCCCC2)c1. The van der Waals surface area contributed by atoms with Crippen LogP contribution in [0.25, 0.3) is 0 Å². The first-order chi connectivity index (χ1) is 15.1. The largest absolute Gasteiger partial charge is 0.371 e. The summed E-state index contributed by atoms with van der Waals surface area (Å²) < 4.78 is 0. The molecule has 31 heavy (non-hydrogen) atoms. The van der Waals surface area contributed by atoms with Crippen LogP contribution >= 0.6 is 0 Å². The van der Waals surface area contributed by atoms with Gasteiger partial charge in [0, 0.05) is 44.5 Å². The van der Waals surface area contributed by atoms with Gasteiger partial charge in [-0.25, -0.2) is 0 Å². The number of hydrogen-bond donors (Lipinski definition) is 1. The lowest BCUT2D eigenvalue weighted by molar-refractivity contribution is -0.114. The fraction of sp³-hybridized carbons (Fsp3) is 0.462. The molecular formula is C26H33N3O2. The van der Waals surface area contributed by atoms with E-state index < -0.39 is 0 Å². The standard InChI is InChI=1S/C26H33N3O2/c1-20(30)27-23-10-11-25(24(19-23)26(31)29-14-6-3-7-15-29)28-16-12-22(13-17-28)18-21-8-4-2-5-9-21/h2,4-5,8-11,19,22H,3,6-7,12-18H2,1H3,(H,27,30). The Morgan fingerprint density at radius 1 is 0.935 bits per heavy atom. The van der Waals surface area contributed by atoms with E-state index in [0.29, 0.717) is 11.6 Å². The quantitative estimate of drug-likeness (QED) is 0.762. The molecule has 0 unspecified atom stereocenters. The van der Waals surface area contributed by atoms with Crippen LogP contribution in [0, 0.1) is 5.92 Å². The molecule has 1 N–H and O–H groups in total. The fourth-order valence-corrected chi connectivity index (χ4v) is 4.86. The van der Waals surface area contributed by atoms with Crippen LogP contribution in [0.2, 0.25) is 0 Å². The number of piperidine rings is 2. The van der Waals surface area contributed by atoms with E-state index in [0.717, 1.165) is 69.5 Å². The van der Waals surface area contributed by atoms with Gasteiger partial charge in [-0.05, 0) is 68.2 Å². The third-order valence-electron chi connectivity index (χ3n) is 6.51. The molecule has 4 rings (SSSR count). The molecule has 2 amide bonds. The summed E-state index contributed by atoms with van der Waals surface area (Å²) in [5.74, 6) is 0.651. The van der Waals surface area contributed by atoms with E-state index in [9.17, 15) is 9.59 Å². The highest BCUT2D eigenvalue weighted by Crippen LogP contribution is 2.31. The average molecular weight is 420 g/mol. The minimum Gasteiger partial charge on any atom is -0.371 e. The van der Waals surface area contributed by atoms with Crippen molar-refractivity contribution < 1.29 is 9.59 Å². The molecule has 0 radical (unpaired) electrons.